The number of hydrogen-bond acceptors (Lipinski definition) is 3. The van der Waals surface area contributed by atoms with Gasteiger partial charge in [0, 0.05) is 25.3 Å². The Morgan fingerprint density at radius 3 is 3.08 bits per heavy atom. The molecule has 1 rings (SSSR count). The summed E-state index contributed by atoms with van der Waals surface area (Å²) >= 11 is 0. The summed E-state index contributed by atoms with van der Waals surface area (Å²) in [5.41, 5.74) is 0. The Labute approximate surface area is 77.8 Å². The van der Waals surface area contributed by atoms with Crippen molar-refractivity contribution in [2.24, 2.45) is 0 Å². The number of likely N-dealkylation sites (N-methyl/N-ethyl adjacent to an activating group) is 1. The largest absolute Gasteiger partial charge is 0.478 e. The van der Waals surface area contributed by atoms with E-state index in [0.29, 0.717) is 12.6 Å². The van der Waals surface area contributed by atoms with Crippen LogP contribution < -0.4 is 0 Å². The van der Waals surface area contributed by atoms with E-state index in [9.17, 15) is 4.79 Å². The topological polar surface area (TPSA) is 49.8 Å². The van der Waals surface area contributed by atoms with Gasteiger partial charge in [0.1, 0.15) is 0 Å². The first-order chi connectivity index (χ1) is 6.20. The molecule has 1 aliphatic rings. The number of carboxylic acid groups (broad SMARTS) is 1. The molecule has 13 heavy (non-hydrogen) atoms. The van der Waals surface area contributed by atoms with Crippen LogP contribution in [0.2, 0.25) is 0 Å². The molecule has 0 aliphatic carbocycles. The van der Waals surface area contributed by atoms with Crippen molar-refractivity contribution < 1.29 is 14.6 Å². The maximum atomic E-state index is 10.2. The van der Waals surface area contributed by atoms with Gasteiger partial charge in [0.05, 0.1) is 6.61 Å². The highest BCUT2D eigenvalue weighted by molar-refractivity contribution is 5.79. The van der Waals surface area contributed by atoms with Crippen LogP contribution in [0.3, 0.4) is 0 Å². The molecule has 1 aliphatic heterocycles. The zero-order valence-electron chi connectivity index (χ0n) is 7.77. The smallest absolute Gasteiger partial charge is 0.328 e. The number of nitrogens with zero attached hydrogens (tertiary/aromatic N) is 1. The summed E-state index contributed by atoms with van der Waals surface area (Å²) in [4.78, 5) is 12.3. The van der Waals surface area contributed by atoms with E-state index >= 15 is 0 Å². The Hall–Kier alpha value is -0.870. The van der Waals surface area contributed by atoms with Crippen LogP contribution in [-0.4, -0.2) is 48.8 Å². The summed E-state index contributed by atoms with van der Waals surface area (Å²) in [5, 5.41) is 8.36. The molecule has 74 valence electrons. The molecule has 0 radical (unpaired) electrons. The zero-order valence-corrected chi connectivity index (χ0v) is 7.77. The molecule has 0 amide bonds. The molecule has 1 atom stereocenters. The molecule has 1 fully saturated rings. The fraction of sp³-hybridized carbons (Fsp3) is 0.667. The summed E-state index contributed by atoms with van der Waals surface area (Å²) in [7, 11) is 1.98. The number of rotatable bonds is 4. The summed E-state index contributed by atoms with van der Waals surface area (Å²) in [6.45, 7) is 2.25. The second kappa shape index (κ2) is 4.99. The van der Waals surface area contributed by atoms with Crippen LogP contribution in [0.4, 0.5) is 0 Å². The molecule has 1 saturated heterocycles. The van der Waals surface area contributed by atoms with Gasteiger partial charge in [-0.1, -0.05) is 6.08 Å². The molecular formula is C9H15NO3. The SMILES string of the molecule is CN(C/C=C/C(=O)O)[C@H]1CCOC1. The number of carboxylic acids is 1. The molecule has 1 N–H and O–H groups in total. The minimum absolute atomic E-state index is 0.443. The zero-order chi connectivity index (χ0) is 9.68. The van der Waals surface area contributed by atoms with Gasteiger partial charge in [-0.2, -0.15) is 0 Å². The van der Waals surface area contributed by atoms with Crippen molar-refractivity contribution in [3.8, 4) is 0 Å². The van der Waals surface area contributed by atoms with Crippen molar-refractivity contribution in [3.63, 3.8) is 0 Å². The highest BCUT2D eigenvalue weighted by Gasteiger charge is 2.18. The van der Waals surface area contributed by atoms with Crippen molar-refractivity contribution >= 4 is 5.97 Å². The van der Waals surface area contributed by atoms with Gasteiger partial charge in [-0.25, -0.2) is 4.79 Å². The molecule has 0 unspecified atom stereocenters. The molecule has 1 heterocycles. The van der Waals surface area contributed by atoms with E-state index in [-0.39, 0.29) is 0 Å². The quantitative estimate of drug-likeness (QED) is 0.642. The molecule has 0 spiro atoms. The molecule has 0 aromatic rings. The van der Waals surface area contributed by atoms with E-state index in [2.05, 4.69) is 4.90 Å². The highest BCUT2D eigenvalue weighted by Crippen LogP contribution is 2.09. The fourth-order valence-electron chi connectivity index (χ4n) is 1.34. The third kappa shape index (κ3) is 3.57. The Bertz CT molecular complexity index is 197. The van der Waals surface area contributed by atoms with Gasteiger partial charge in [0.25, 0.3) is 0 Å². The summed E-state index contributed by atoms with van der Waals surface area (Å²) < 4.78 is 5.22. The van der Waals surface area contributed by atoms with Crippen LogP contribution in [0.15, 0.2) is 12.2 Å². The Balaban J connectivity index is 2.23. The van der Waals surface area contributed by atoms with Crippen LogP contribution in [-0.2, 0) is 9.53 Å². The van der Waals surface area contributed by atoms with E-state index in [1.165, 1.54) is 6.08 Å². The number of ether oxygens (including phenoxy) is 1. The lowest BCUT2D eigenvalue weighted by molar-refractivity contribution is -0.131. The minimum atomic E-state index is -0.893. The van der Waals surface area contributed by atoms with Crippen molar-refractivity contribution in [2.45, 2.75) is 12.5 Å². The van der Waals surface area contributed by atoms with Gasteiger partial charge in [-0.3, -0.25) is 4.90 Å². The Morgan fingerprint density at radius 1 is 1.77 bits per heavy atom. The number of hydrogen-bond donors (Lipinski definition) is 1. The maximum absolute atomic E-state index is 10.2. The lowest BCUT2D eigenvalue weighted by atomic mass is 10.2. The molecular weight excluding hydrogens is 170 g/mol. The van der Waals surface area contributed by atoms with Gasteiger partial charge in [0.15, 0.2) is 0 Å². The van der Waals surface area contributed by atoms with Gasteiger partial charge < -0.3 is 9.84 Å². The predicted octanol–water partition coefficient (Wildman–Crippen LogP) is 0.348. The third-order valence-corrected chi connectivity index (χ3v) is 2.18. The Kier molecular flexibility index (Phi) is 3.92. The summed E-state index contributed by atoms with van der Waals surface area (Å²) in [5.74, 6) is -0.893. The van der Waals surface area contributed by atoms with Gasteiger partial charge >= 0.3 is 5.97 Å². The second-order valence-electron chi connectivity index (χ2n) is 3.20. The fourth-order valence-corrected chi connectivity index (χ4v) is 1.34. The van der Waals surface area contributed by atoms with Crippen LogP contribution in [0.25, 0.3) is 0 Å². The first-order valence-electron chi connectivity index (χ1n) is 4.37. The average molecular weight is 185 g/mol. The molecule has 0 saturated carbocycles. The molecule has 0 aromatic carbocycles. The van der Waals surface area contributed by atoms with E-state index in [1.54, 1.807) is 6.08 Å². The van der Waals surface area contributed by atoms with Crippen molar-refractivity contribution in [3.05, 3.63) is 12.2 Å². The average Bonchev–Trinajstić information content (AvgIpc) is 2.55. The lowest BCUT2D eigenvalue weighted by Crippen LogP contribution is -2.31. The highest BCUT2D eigenvalue weighted by atomic mass is 16.5. The van der Waals surface area contributed by atoms with E-state index in [1.807, 2.05) is 7.05 Å². The first-order valence-corrected chi connectivity index (χ1v) is 4.37. The van der Waals surface area contributed by atoms with Crippen LogP contribution in [0, 0.1) is 0 Å². The van der Waals surface area contributed by atoms with Crippen LogP contribution in [0.5, 0.6) is 0 Å². The van der Waals surface area contributed by atoms with Crippen molar-refractivity contribution in [1.82, 2.24) is 4.90 Å². The van der Waals surface area contributed by atoms with Gasteiger partial charge in [-0.15, -0.1) is 0 Å². The normalized spacial score (nSPS) is 23.1. The van der Waals surface area contributed by atoms with Gasteiger partial charge in [0.2, 0.25) is 0 Å². The second-order valence-corrected chi connectivity index (χ2v) is 3.20. The summed E-state index contributed by atoms with van der Waals surface area (Å²) in [6, 6.07) is 0.443. The third-order valence-electron chi connectivity index (χ3n) is 2.18. The van der Waals surface area contributed by atoms with E-state index in [0.717, 1.165) is 19.6 Å². The first kappa shape index (κ1) is 10.2. The standard InChI is InChI=1S/C9H15NO3/c1-10(5-2-3-9(11)12)8-4-6-13-7-8/h2-3,8H,4-7H2,1H3,(H,11,12)/b3-2+/t8-/m0/s1. The number of aliphatic carboxylic acids is 1. The van der Waals surface area contributed by atoms with Crippen molar-refractivity contribution in [1.29, 1.82) is 0 Å². The lowest BCUT2D eigenvalue weighted by Gasteiger charge is -2.20. The van der Waals surface area contributed by atoms with Crippen LogP contribution >= 0.6 is 0 Å². The van der Waals surface area contributed by atoms with Gasteiger partial charge in [-0.05, 0) is 13.5 Å². The predicted molar refractivity (Wildman–Crippen MR) is 48.6 cm³/mol. The molecule has 4 heteroatoms. The molecule has 0 aromatic heterocycles. The Morgan fingerprint density at radius 2 is 2.54 bits per heavy atom. The molecule has 0 bridgehead atoms. The van der Waals surface area contributed by atoms with Crippen LogP contribution in [0.1, 0.15) is 6.42 Å². The van der Waals surface area contributed by atoms with Crippen molar-refractivity contribution in [2.75, 3.05) is 26.8 Å². The van der Waals surface area contributed by atoms with E-state index in [4.69, 9.17) is 9.84 Å². The number of carbonyl (C=O) groups is 1. The minimum Gasteiger partial charge on any atom is -0.478 e. The van der Waals surface area contributed by atoms with E-state index < -0.39 is 5.97 Å². The summed E-state index contributed by atoms with van der Waals surface area (Å²) in [6.07, 6.45) is 3.87. The monoisotopic (exact) mass is 185 g/mol. The maximum Gasteiger partial charge on any atom is 0.328 e. The molecule has 4 nitrogen and oxygen atoms in total.